The molecule has 6 nitrogen and oxygen atoms in total. The number of hydrogen-bond acceptors (Lipinski definition) is 4. The van der Waals surface area contributed by atoms with Crippen LogP contribution in [0.1, 0.15) is 19.4 Å². The van der Waals surface area contributed by atoms with E-state index in [2.05, 4.69) is 37.9 Å². The zero-order valence-electron chi connectivity index (χ0n) is 13.8. The van der Waals surface area contributed by atoms with Crippen molar-refractivity contribution in [3.63, 3.8) is 0 Å². The Morgan fingerprint density at radius 1 is 1.12 bits per heavy atom. The number of nitrogens with zero attached hydrogens (tertiary/aromatic N) is 2. The van der Waals surface area contributed by atoms with Crippen LogP contribution >= 0.6 is 0 Å². The summed E-state index contributed by atoms with van der Waals surface area (Å²) in [4.78, 5) is 14.9. The molecule has 0 spiro atoms. The Bertz CT molecular complexity index is 823. The second kappa shape index (κ2) is 7.12. The summed E-state index contributed by atoms with van der Waals surface area (Å²) < 4.78 is 0. The number of carbonyl (C=O) groups is 1. The maximum Gasteiger partial charge on any atom is 0.228 e. The molecular formula is C18H21N5O. The number of anilines is 2. The zero-order valence-corrected chi connectivity index (χ0v) is 13.8. The van der Waals surface area contributed by atoms with Crippen LogP contribution < -0.4 is 10.6 Å². The molecule has 0 aliphatic carbocycles. The lowest BCUT2D eigenvalue weighted by atomic mass is 10.1. The summed E-state index contributed by atoms with van der Waals surface area (Å²) in [6, 6.07) is 11.8. The van der Waals surface area contributed by atoms with E-state index < -0.39 is 0 Å². The molecule has 0 fully saturated rings. The fraction of sp³-hybridized carbons (Fsp3) is 0.278. The topological polar surface area (TPSA) is 82.7 Å². The predicted octanol–water partition coefficient (Wildman–Crippen LogP) is 3.21. The van der Waals surface area contributed by atoms with Crippen molar-refractivity contribution in [2.75, 3.05) is 17.2 Å². The molecule has 0 saturated heterocycles. The molecule has 0 radical (unpaired) electrons. The molecule has 1 aromatic carbocycles. The standard InChI is InChI=1S/C18H21N5O/c1-12(2)18(24)21-17-8-7-16(22-23-17)19-10-9-13-11-20-15-6-4-3-5-14(13)15/h3-8,11-12,20H,9-10H2,1-2H3,(H,19,22)(H,21,23,24). The number of carbonyl (C=O) groups excluding carboxylic acids is 1. The third kappa shape index (κ3) is 3.71. The van der Waals surface area contributed by atoms with Gasteiger partial charge in [0.25, 0.3) is 0 Å². The van der Waals surface area contributed by atoms with E-state index >= 15 is 0 Å². The molecule has 0 bridgehead atoms. The Morgan fingerprint density at radius 3 is 2.62 bits per heavy atom. The maximum atomic E-state index is 11.6. The van der Waals surface area contributed by atoms with Crippen molar-refractivity contribution in [1.29, 1.82) is 0 Å². The highest BCUT2D eigenvalue weighted by atomic mass is 16.1. The molecule has 0 aliphatic heterocycles. The van der Waals surface area contributed by atoms with Gasteiger partial charge in [0.05, 0.1) is 0 Å². The van der Waals surface area contributed by atoms with Gasteiger partial charge in [-0.3, -0.25) is 4.79 Å². The van der Waals surface area contributed by atoms with Crippen LogP contribution in [0.2, 0.25) is 0 Å². The number of H-pyrrole nitrogens is 1. The Morgan fingerprint density at radius 2 is 1.88 bits per heavy atom. The largest absolute Gasteiger partial charge is 0.368 e. The van der Waals surface area contributed by atoms with Gasteiger partial charge in [-0.25, -0.2) is 0 Å². The third-order valence-corrected chi connectivity index (χ3v) is 3.82. The Kier molecular flexibility index (Phi) is 4.74. The van der Waals surface area contributed by atoms with Gasteiger partial charge in [-0.2, -0.15) is 0 Å². The van der Waals surface area contributed by atoms with Crippen LogP contribution in [0.15, 0.2) is 42.6 Å². The Labute approximate surface area is 140 Å². The number of nitrogens with one attached hydrogen (secondary N) is 3. The van der Waals surface area contributed by atoms with Crippen LogP contribution in [-0.4, -0.2) is 27.6 Å². The van der Waals surface area contributed by atoms with Crippen LogP contribution in [0.3, 0.4) is 0 Å². The van der Waals surface area contributed by atoms with Crippen molar-refractivity contribution < 1.29 is 4.79 Å². The molecule has 3 aromatic rings. The summed E-state index contributed by atoms with van der Waals surface area (Å²) in [6.07, 6.45) is 2.93. The lowest BCUT2D eigenvalue weighted by molar-refractivity contribution is -0.118. The average Bonchev–Trinajstić information content (AvgIpc) is 3.00. The number of amides is 1. The SMILES string of the molecule is CC(C)C(=O)Nc1ccc(NCCc2c[nH]c3ccccc23)nn1. The second-order valence-electron chi connectivity index (χ2n) is 5.98. The number of aromatic nitrogens is 3. The fourth-order valence-electron chi connectivity index (χ4n) is 2.43. The number of para-hydroxylation sites is 1. The van der Waals surface area contributed by atoms with E-state index in [9.17, 15) is 4.79 Å². The van der Waals surface area contributed by atoms with E-state index in [1.807, 2.05) is 38.2 Å². The molecule has 1 amide bonds. The van der Waals surface area contributed by atoms with Gasteiger partial charge >= 0.3 is 0 Å². The number of aromatic amines is 1. The summed E-state index contributed by atoms with van der Waals surface area (Å²) in [7, 11) is 0. The van der Waals surface area contributed by atoms with Crippen molar-refractivity contribution in [2.24, 2.45) is 5.92 Å². The molecular weight excluding hydrogens is 302 g/mol. The predicted molar refractivity (Wildman–Crippen MR) is 96.0 cm³/mol. The first kappa shape index (κ1) is 16.0. The minimum Gasteiger partial charge on any atom is -0.368 e. The van der Waals surface area contributed by atoms with Gasteiger partial charge in [-0.15, -0.1) is 10.2 Å². The summed E-state index contributed by atoms with van der Waals surface area (Å²) >= 11 is 0. The van der Waals surface area contributed by atoms with Crippen LogP contribution in [0, 0.1) is 5.92 Å². The van der Waals surface area contributed by atoms with E-state index in [1.54, 1.807) is 6.07 Å². The molecule has 3 N–H and O–H groups in total. The van der Waals surface area contributed by atoms with Crippen molar-refractivity contribution in [1.82, 2.24) is 15.2 Å². The maximum absolute atomic E-state index is 11.6. The summed E-state index contributed by atoms with van der Waals surface area (Å²) in [5.41, 5.74) is 2.42. The molecule has 24 heavy (non-hydrogen) atoms. The van der Waals surface area contributed by atoms with Crippen LogP contribution in [0.5, 0.6) is 0 Å². The highest BCUT2D eigenvalue weighted by Gasteiger charge is 2.08. The van der Waals surface area contributed by atoms with Crippen LogP contribution in [0.4, 0.5) is 11.6 Å². The van der Waals surface area contributed by atoms with Gasteiger partial charge < -0.3 is 15.6 Å². The molecule has 0 saturated carbocycles. The lowest BCUT2D eigenvalue weighted by Gasteiger charge is -2.08. The number of benzene rings is 1. The summed E-state index contributed by atoms with van der Waals surface area (Å²) in [5.74, 6) is 1.01. The third-order valence-electron chi connectivity index (χ3n) is 3.82. The molecule has 3 rings (SSSR count). The Balaban J connectivity index is 1.54. The fourth-order valence-corrected chi connectivity index (χ4v) is 2.43. The molecule has 0 aliphatic rings. The monoisotopic (exact) mass is 323 g/mol. The summed E-state index contributed by atoms with van der Waals surface area (Å²) in [6.45, 7) is 4.43. The lowest BCUT2D eigenvalue weighted by Crippen LogP contribution is -2.19. The van der Waals surface area contributed by atoms with Gasteiger partial charge in [0.15, 0.2) is 5.82 Å². The molecule has 0 unspecified atom stereocenters. The normalized spacial score (nSPS) is 11.0. The molecule has 6 heteroatoms. The minimum atomic E-state index is -0.0826. The molecule has 2 heterocycles. The van der Waals surface area contributed by atoms with E-state index in [0.29, 0.717) is 11.6 Å². The van der Waals surface area contributed by atoms with Crippen LogP contribution in [-0.2, 0) is 11.2 Å². The highest BCUT2D eigenvalue weighted by molar-refractivity contribution is 5.91. The number of fused-ring (bicyclic) bond motifs is 1. The van der Waals surface area contributed by atoms with Crippen molar-refractivity contribution in [2.45, 2.75) is 20.3 Å². The molecule has 0 atom stereocenters. The Hall–Kier alpha value is -2.89. The van der Waals surface area contributed by atoms with E-state index in [-0.39, 0.29) is 11.8 Å². The highest BCUT2D eigenvalue weighted by Crippen LogP contribution is 2.18. The average molecular weight is 323 g/mol. The minimum absolute atomic E-state index is 0.0654. The number of rotatable bonds is 6. The smallest absolute Gasteiger partial charge is 0.228 e. The van der Waals surface area contributed by atoms with Crippen molar-refractivity contribution in [3.05, 3.63) is 48.2 Å². The number of hydrogen-bond donors (Lipinski definition) is 3. The van der Waals surface area contributed by atoms with Crippen LogP contribution in [0.25, 0.3) is 10.9 Å². The van der Waals surface area contributed by atoms with E-state index in [0.717, 1.165) is 18.5 Å². The second-order valence-corrected chi connectivity index (χ2v) is 5.98. The van der Waals surface area contributed by atoms with Gasteiger partial charge in [-0.1, -0.05) is 32.0 Å². The van der Waals surface area contributed by atoms with E-state index in [1.165, 1.54) is 10.9 Å². The van der Waals surface area contributed by atoms with Gasteiger partial charge in [0.2, 0.25) is 5.91 Å². The molecule has 124 valence electrons. The van der Waals surface area contributed by atoms with Crippen molar-refractivity contribution >= 4 is 28.4 Å². The zero-order chi connectivity index (χ0) is 16.9. The van der Waals surface area contributed by atoms with Crippen molar-refractivity contribution in [3.8, 4) is 0 Å². The summed E-state index contributed by atoms with van der Waals surface area (Å²) in [5, 5.41) is 15.3. The first-order valence-corrected chi connectivity index (χ1v) is 8.07. The van der Waals surface area contributed by atoms with Gasteiger partial charge in [-0.05, 0) is 30.2 Å². The van der Waals surface area contributed by atoms with Gasteiger partial charge in [0, 0.05) is 29.6 Å². The van der Waals surface area contributed by atoms with E-state index in [4.69, 9.17) is 0 Å². The van der Waals surface area contributed by atoms with Gasteiger partial charge in [0.1, 0.15) is 5.82 Å². The quantitative estimate of drug-likeness (QED) is 0.650. The first-order valence-electron chi connectivity index (χ1n) is 8.07. The first-order chi connectivity index (χ1) is 11.6. The molecule has 2 aromatic heterocycles.